The summed E-state index contributed by atoms with van der Waals surface area (Å²) in [4.78, 5) is 49.4. The first-order valence-electron chi connectivity index (χ1n) is 9.24. The molecule has 4 N–H and O–H groups in total. The van der Waals surface area contributed by atoms with Crippen LogP contribution in [0.4, 0.5) is 5.69 Å². The summed E-state index contributed by atoms with van der Waals surface area (Å²) >= 11 is 3.01. The minimum Gasteiger partial charge on any atom is -0.342 e. The van der Waals surface area contributed by atoms with E-state index in [0.29, 0.717) is 4.88 Å². The molecule has 0 bridgehead atoms. The molecule has 3 heterocycles. The lowest BCUT2D eigenvalue weighted by Gasteiger charge is -2.08. The van der Waals surface area contributed by atoms with E-state index in [2.05, 4.69) is 20.8 Å². The quantitative estimate of drug-likeness (QED) is 0.336. The minimum atomic E-state index is -0.527. The molecule has 2 aromatic carbocycles. The molecule has 154 valence electrons. The molecule has 8 nitrogen and oxygen atoms in total. The molecule has 3 aromatic heterocycles. The predicted molar refractivity (Wildman–Crippen MR) is 123 cm³/mol. The van der Waals surface area contributed by atoms with Crippen molar-refractivity contribution in [3.63, 3.8) is 0 Å². The number of aromatic amines is 2. The van der Waals surface area contributed by atoms with Crippen molar-refractivity contribution in [1.29, 1.82) is 0 Å². The molecule has 0 saturated heterocycles. The van der Waals surface area contributed by atoms with Crippen molar-refractivity contribution in [2.24, 2.45) is 0 Å². The molecule has 0 fully saturated rings. The molecule has 5 rings (SSSR count). The number of anilines is 1. The zero-order valence-corrected chi connectivity index (χ0v) is 17.4. The van der Waals surface area contributed by atoms with Crippen molar-refractivity contribution >= 4 is 70.4 Å². The fraction of sp³-hybridized carbons (Fsp3) is 0.0476. The molecular formula is C21H14N4O4S2. The SMILES string of the molecule is O=C(CNC(=O)c1cc2sc3ccccc3c2s1)Nc1cccc2c(=O)[nH][nH]c(=O)c12. The first-order valence-corrected chi connectivity index (χ1v) is 10.9. The Balaban J connectivity index is 1.32. The largest absolute Gasteiger partial charge is 0.342 e. The average molecular weight is 451 g/mol. The Kier molecular flexibility index (Phi) is 4.64. The third kappa shape index (κ3) is 3.41. The number of thiophene rings is 2. The fourth-order valence-corrected chi connectivity index (χ4v) is 5.83. The van der Waals surface area contributed by atoms with Crippen LogP contribution in [0, 0.1) is 0 Å². The maximum atomic E-state index is 12.5. The first-order chi connectivity index (χ1) is 15.0. The van der Waals surface area contributed by atoms with Crippen LogP contribution in [0.25, 0.3) is 30.3 Å². The van der Waals surface area contributed by atoms with Gasteiger partial charge in [-0.1, -0.05) is 24.3 Å². The summed E-state index contributed by atoms with van der Waals surface area (Å²) < 4.78 is 3.25. The van der Waals surface area contributed by atoms with Crippen LogP contribution in [-0.2, 0) is 4.79 Å². The van der Waals surface area contributed by atoms with Crippen LogP contribution in [0.1, 0.15) is 9.67 Å². The van der Waals surface area contributed by atoms with E-state index in [-0.39, 0.29) is 28.9 Å². The van der Waals surface area contributed by atoms with Crippen LogP contribution in [-0.4, -0.2) is 28.6 Å². The van der Waals surface area contributed by atoms with Crippen LogP contribution >= 0.6 is 22.7 Å². The van der Waals surface area contributed by atoms with Crippen LogP contribution in [0.2, 0.25) is 0 Å². The van der Waals surface area contributed by atoms with Gasteiger partial charge in [-0.25, -0.2) is 0 Å². The summed E-state index contributed by atoms with van der Waals surface area (Å²) in [7, 11) is 0. The lowest BCUT2D eigenvalue weighted by Crippen LogP contribution is -2.32. The Hall–Kier alpha value is -3.76. The molecular weight excluding hydrogens is 436 g/mol. The Morgan fingerprint density at radius 3 is 2.52 bits per heavy atom. The highest BCUT2D eigenvalue weighted by Crippen LogP contribution is 2.39. The Morgan fingerprint density at radius 2 is 1.65 bits per heavy atom. The van der Waals surface area contributed by atoms with Crippen LogP contribution in [0.3, 0.4) is 0 Å². The Morgan fingerprint density at radius 1 is 0.871 bits per heavy atom. The van der Waals surface area contributed by atoms with Crippen molar-refractivity contribution in [2.45, 2.75) is 0 Å². The third-order valence-corrected chi connectivity index (χ3v) is 7.20. The normalized spacial score (nSPS) is 11.2. The summed E-state index contributed by atoms with van der Waals surface area (Å²) in [6, 6.07) is 14.4. The number of nitrogens with one attached hydrogen (secondary N) is 4. The molecule has 0 aliphatic carbocycles. The maximum Gasteiger partial charge on any atom is 0.272 e. The lowest BCUT2D eigenvalue weighted by molar-refractivity contribution is -0.115. The van der Waals surface area contributed by atoms with Gasteiger partial charge in [0.25, 0.3) is 17.0 Å². The molecule has 0 unspecified atom stereocenters. The zero-order chi connectivity index (χ0) is 21.5. The number of fused-ring (bicyclic) bond motifs is 4. The molecule has 2 amide bonds. The highest BCUT2D eigenvalue weighted by atomic mass is 32.1. The van der Waals surface area contributed by atoms with E-state index in [1.54, 1.807) is 17.4 Å². The van der Waals surface area contributed by atoms with Gasteiger partial charge in [0.05, 0.1) is 32.6 Å². The van der Waals surface area contributed by atoms with Gasteiger partial charge >= 0.3 is 0 Å². The van der Waals surface area contributed by atoms with Crippen LogP contribution < -0.4 is 21.8 Å². The Bertz CT molecular complexity index is 1610. The molecule has 5 aromatic rings. The topological polar surface area (TPSA) is 124 Å². The maximum absolute atomic E-state index is 12.5. The second kappa shape index (κ2) is 7.49. The molecule has 31 heavy (non-hydrogen) atoms. The summed E-state index contributed by atoms with van der Waals surface area (Å²) in [5.41, 5.74) is -0.795. The molecule has 0 spiro atoms. The van der Waals surface area contributed by atoms with E-state index in [9.17, 15) is 19.2 Å². The van der Waals surface area contributed by atoms with E-state index >= 15 is 0 Å². The lowest BCUT2D eigenvalue weighted by atomic mass is 10.1. The molecule has 10 heteroatoms. The molecule has 0 aliphatic rings. The number of carbonyl (C=O) groups excluding carboxylic acids is 2. The monoisotopic (exact) mass is 450 g/mol. The van der Waals surface area contributed by atoms with Gasteiger partial charge < -0.3 is 10.6 Å². The molecule has 0 saturated carbocycles. The van der Waals surface area contributed by atoms with E-state index in [1.165, 1.54) is 28.2 Å². The van der Waals surface area contributed by atoms with E-state index < -0.39 is 17.0 Å². The number of aromatic nitrogens is 2. The summed E-state index contributed by atoms with van der Waals surface area (Å²) in [5.74, 6) is -0.857. The number of benzene rings is 2. The van der Waals surface area contributed by atoms with Crippen molar-refractivity contribution in [3.05, 3.63) is 74.1 Å². The van der Waals surface area contributed by atoms with E-state index in [0.717, 1.165) is 14.8 Å². The number of rotatable bonds is 4. The highest BCUT2D eigenvalue weighted by Gasteiger charge is 2.16. The van der Waals surface area contributed by atoms with Crippen molar-refractivity contribution in [1.82, 2.24) is 15.5 Å². The summed E-state index contributed by atoms with van der Waals surface area (Å²) in [6.45, 7) is -0.275. The van der Waals surface area contributed by atoms with Gasteiger partial charge in [-0.05, 0) is 24.3 Å². The van der Waals surface area contributed by atoms with E-state index in [1.807, 2.05) is 30.3 Å². The first kappa shape index (κ1) is 19.2. The van der Waals surface area contributed by atoms with Crippen molar-refractivity contribution in [3.8, 4) is 0 Å². The van der Waals surface area contributed by atoms with Gasteiger partial charge in [-0.15, -0.1) is 22.7 Å². The number of H-pyrrole nitrogens is 2. The van der Waals surface area contributed by atoms with Gasteiger partial charge in [0.2, 0.25) is 5.91 Å². The van der Waals surface area contributed by atoms with Gasteiger partial charge in [0, 0.05) is 14.8 Å². The van der Waals surface area contributed by atoms with Gasteiger partial charge in [-0.3, -0.25) is 29.4 Å². The van der Waals surface area contributed by atoms with Gasteiger partial charge in [-0.2, -0.15) is 0 Å². The average Bonchev–Trinajstić information content (AvgIpc) is 3.33. The molecule has 0 atom stereocenters. The predicted octanol–water partition coefficient (Wildman–Crippen LogP) is 3.01. The minimum absolute atomic E-state index is 0.0799. The summed E-state index contributed by atoms with van der Waals surface area (Å²) in [6.07, 6.45) is 0. The smallest absolute Gasteiger partial charge is 0.272 e. The summed E-state index contributed by atoms with van der Waals surface area (Å²) in [5, 5.41) is 11.0. The standard InChI is InChI=1S/C21H14N4O4S2/c26-16(23-12-6-3-5-11-17(12)21(29)25-24-19(11)27)9-22-20(28)15-8-14-18(31-15)10-4-1-2-7-13(10)30-14/h1-8H,9H2,(H,22,28)(H,23,26)(H,24,27)(H,25,29). The molecule has 0 radical (unpaired) electrons. The van der Waals surface area contributed by atoms with E-state index in [4.69, 9.17) is 0 Å². The van der Waals surface area contributed by atoms with Crippen LogP contribution in [0.15, 0.2) is 58.1 Å². The number of amides is 2. The number of carbonyl (C=O) groups is 2. The van der Waals surface area contributed by atoms with Crippen LogP contribution in [0.5, 0.6) is 0 Å². The number of hydrogen-bond donors (Lipinski definition) is 4. The van der Waals surface area contributed by atoms with Gasteiger partial charge in [0.15, 0.2) is 0 Å². The highest BCUT2D eigenvalue weighted by molar-refractivity contribution is 7.33. The third-order valence-electron chi connectivity index (χ3n) is 4.78. The second-order valence-electron chi connectivity index (χ2n) is 6.77. The number of hydrogen-bond acceptors (Lipinski definition) is 6. The van der Waals surface area contributed by atoms with Crippen molar-refractivity contribution in [2.75, 3.05) is 11.9 Å². The van der Waals surface area contributed by atoms with Crippen molar-refractivity contribution < 1.29 is 9.59 Å². The van der Waals surface area contributed by atoms with Gasteiger partial charge in [0.1, 0.15) is 0 Å². The molecule has 0 aliphatic heterocycles. The second-order valence-corrected chi connectivity index (χ2v) is 8.91. The Labute approximate surface area is 181 Å². The fourth-order valence-electron chi connectivity index (χ4n) is 3.39. The zero-order valence-electron chi connectivity index (χ0n) is 15.8.